The Kier molecular flexibility index (Phi) is 5.09. The van der Waals surface area contributed by atoms with Crippen LogP contribution >= 0.6 is 11.3 Å². The first-order valence-electron chi connectivity index (χ1n) is 7.83. The summed E-state index contributed by atoms with van der Waals surface area (Å²) in [5, 5.41) is 13.3. The number of carbonyl (C=O) groups is 1. The number of carboxylic acids is 1. The molecule has 124 valence electrons. The molecule has 0 unspecified atom stereocenters. The second-order valence-corrected chi connectivity index (χ2v) is 6.88. The fourth-order valence-electron chi connectivity index (χ4n) is 2.87. The number of thiazole rings is 1. The SMILES string of the molecule is CCN(CC(=O)O)C1CC(NCc2cnc(-c3ccco3)s2)C1. The molecule has 0 saturated heterocycles. The Labute approximate surface area is 139 Å². The summed E-state index contributed by atoms with van der Waals surface area (Å²) in [6, 6.07) is 4.61. The Bertz CT molecular complexity index is 635. The second kappa shape index (κ2) is 7.25. The van der Waals surface area contributed by atoms with E-state index in [9.17, 15) is 4.79 Å². The molecule has 2 aromatic heterocycles. The van der Waals surface area contributed by atoms with Gasteiger partial charge in [0, 0.05) is 29.7 Å². The van der Waals surface area contributed by atoms with E-state index < -0.39 is 5.97 Å². The molecule has 2 N–H and O–H groups in total. The van der Waals surface area contributed by atoms with Crippen molar-refractivity contribution in [1.29, 1.82) is 0 Å². The van der Waals surface area contributed by atoms with Crippen LogP contribution in [0.4, 0.5) is 0 Å². The number of likely N-dealkylation sites (N-methyl/N-ethyl adjacent to an activating group) is 1. The Morgan fingerprint density at radius 1 is 1.57 bits per heavy atom. The van der Waals surface area contributed by atoms with Crippen molar-refractivity contribution in [2.45, 2.75) is 38.4 Å². The van der Waals surface area contributed by atoms with Gasteiger partial charge in [-0.1, -0.05) is 6.92 Å². The quantitative estimate of drug-likeness (QED) is 0.771. The van der Waals surface area contributed by atoms with E-state index in [4.69, 9.17) is 9.52 Å². The molecule has 1 aliphatic rings. The van der Waals surface area contributed by atoms with Gasteiger partial charge in [-0.25, -0.2) is 4.98 Å². The Balaban J connectivity index is 1.43. The summed E-state index contributed by atoms with van der Waals surface area (Å²) in [6.45, 7) is 3.72. The molecule has 0 atom stereocenters. The van der Waals surface area contributed by atoms with E-state index in [-0.39, 0.29) is 6.54 Å². The smallest absolute Gasteiger partial charge is 0.317 e. The van der Waals surface area contributed by atoms with Gasteiger partial charge in [-0.2, -0.15) is 0 Å². The minimum absolute atomic E-state index is 0.134. The molecular formula is C16H21N3O3S. The first-order chi connectivity index (χ1) is 11.2. The van der Waals surface area contributed by atoms with Gasteiger partial charge >= 0.3 is 5.97 Å². The van der Waals surface area contributed by atoms with Crippen LogP contribution in [-0.2, 0) is 11.3 Å². The van der Waals surface area contributed by atoms with Gasteiger partial charge in [-0.05, 0) is 31.5 Å². The van der Waals surface area contributed by atoms with Crippen LogP contribution in [0, 0.1) is 0 Å². The molecule has 0 bridgehead atoms. The zero-order valence-electron chi connectivity index (χ0n) is 13.1. The average molecular weight is 335 g/mol. The number of hydrogen-bond acceptors (Lipinski definition) is 6. The fourth-order valence-corrected chi connectivity index (χ4v) is 3.71. The number of aromatic nitrogens is 1. The van der Waals surface area contributed by atoms with E-state index in [2.05, 4.69) is 10.3 Å². The zero-order chi connectivity index (χ0) is 16.2. The molecule has 0 radical (unpaired) electrons. The summed E-state index contributed by atoms with van der Waals surface area (Å²) in [6.07, 6.45) is 5.55. The first-order valence-corrected chi connectivity index (χ1v) is 8.65. The fraction of sp³-hybridized carbons (Fsp3) is 0.500. The van der Waals surface area contributed by atoms with Crippen LogP contribution in [0.2, 0.25) is 0 Å². The summed E-state index contributed by atoms with van der Waals surface area (Å²) in [7, 11) is 0. The van der Waals surface area contributed by atoms with Crippen LogP contribution in [0.25, 0.3) is 10.8 Å². The van der Waals surface area contributed by atoms with Crippen molar-refractivity contribution < 1.29 is 14.3 Å². The van der Waals surface area contributed by atoms with E-state index in [0.29, 0.717) is 12.1 Å². The maximum absolute atomic E-state index is 10.8. The normalized spacial score (nSPS) is 20.6. The maximum Gasteiger partial charge on any atom is 0.317 e. The minimum Gasteiger partial charge on any atom is -0.480 e. The first kappa shape index (κ1) is 16.2. The minimum atomic E-state index is -0.752. The Morgan fingerprint density at radius 2 is 2.39 bits per heavy atom. The van der Waals surface area contributed by atoms with Gasteiger partial charge in [0.1, 0.15) is 0 Å². The van der Waals surface area contributed by atoms with Crippen LogP contribution < -0.4 is 5.32 Å². The summed E-state index contributed by atoms with van der Waals surface area (Å²) in [5.41, 5.74) is 0. The van der Waals surface area contributed by atoms with E-state index in [1.807, 2.05) is 30.2 Å². The summed E-state index contributed by atoms with van der Waals surface area (Å²) in [5.74, 6) is 0.0515. The van der Waals surface area contributed by atoms with Crippen molar-refractivity contribution in [2.24, 2.45) is 0 Å². The molecule has 0 amide bonds. The third-order valence-corrected chi connectivity index (χ3v) is 5.24. The summed E-state index contributed by atoms with van der Waals surface area (Å²) in [4.78, 5) is 18.4. The highest BCUT2D eigenvalue weighted by Crippen LogP contribution is 2.28. The van der Waals surface area contributed by atoms with Crippen LogP contribution in [0.1, 0.15) is 24.6 Å². The number of nitrogens with one attached hydrogen (secondary N) is 1. The second-order valence-electron chi connectivity index (χ2n) is 5.77. The number of nitrogens with zero attached hydrogens (tertiary/aromatic N) is 2. The van der Waals surface area contributed by atoms with Crippen molar-refractivity contribution in [3.8, 4) is 10.8 Å². The molecule has 0 aliphatic heterocycles. The lowest BCUT2D eigenvalue weighted by Crippen LogP contribution is -2.53. The monoisotopic (exact) mass is 335 g/mol. The highest BCUT2D eigenvalue weighted by atomic mass is 32.1. The molecule has 2 aromatic rings. The Hall–Kier alpha value is -1.70. The molecule has 0 spiro atoms. The van der Waals surface area contributed by atoms with E-state index in [1.54, 1.807) is 17.6 Å². The van der Waals surface area contributed by atoms with Gasteiger partial charge < -0.3 is 14.8 Å². The highest BCUT2D eigenvalue weighted by molar-refractivity contribution is 7.14. The lowest BCUT2D eigenvalue weighted by Gasteiger charge is -2.42. The van der Waals surface area contributed by atoms with Crippen molar-refractivity contribution in [2.75, 3.05) is 13.1 Å². The van der Waals surface area contributed by atoms with E-state index in [0.717, 1.165) is 36.7 Å². The predicted octanol–water partition coefficient (Wildman–Crippen LogP) is 2.43. The standard InChI is InChI=1S/C16H21N3O3S/c1-2-19(10-15(20)21)12-6-11(7-12)17-8-13-9-18-16(23-13)14-4-3-5-22-14/h3-5,9,11-12,17H,2,6-8,10H2,1H3,(H,20,21). The zero-order valence-corrected chi connectivity index (χ0v) is 13.9. The molecule has 23 heavy (non-hydrogen) atoms. The van der Waals surface area contributed by atoms with Gasteiger partial charge in [0.15, 0.2) is 10.8 Å². The molecule has 3 rings (SSSR count). The number of hydrogen-bond donors (Lipinski definition) is 2. The largest absolute Gasteiger partial charge is 0.480 e. The van der Waals surface area contributed by atoms with Crippen LogP contribution in [0.5, 0.6) is 0 Å². The van der Waals surface area contributed by atoms with Crippen molar-refractivity contribution >= 4 is 17.3 Å². The third kappa shape index (κ3) is 3.99. The highest BCUT2D eigenvalue weighted by Gasteiger charge is 2.33. The summed E-state index contributed by atoms with van der Waals surface area (Å²) >= 11 is 1.63. The molecule has 2 heterocycles. The molecule has 1 fully saturated rings. The predicted molar refractivity (Wildman–Crippen MR) is 88.3 cm³/mol. The maximum atomic E-state index is 10.8. The van der Waals surface area contributed by atoms with Gasteiger partial charge in [0.25, 0.3) is 0 Å². The van der Waals surface area contributed by atoms with E-state index in [1.165, 1.54) is 4.88 Å². The van der Waals surface area contributed by atoms with Crippen molar-refractivity contribution in [3.63, 3.8) is 0 Å². The molecule has 0 aromatic carbocycles. The van der Waals surface area contributed by atoms with Crippen LogP contribution in [0.15, 0.2) is 29.0 Å². The number of furan rings is 1. The average Bonchev–Trinajstić information content (AvgIpc) is 3.14. The molecule has 1 aliphatic carbocycles. The number of aliphatic carboxylic acids is 1. The molecule has 1 saturated carbocycles. The summed E-state index contributed by atoms with van der Waals surface area (Å²) < 4.78 is 5.35. The van der Waals surface area contributed by atoms with Gasteiger partial charge in [-0.15, -0.1) is 11.3 Å². The van der Waals surface area contributed by atoms with Crippen LogP contribution in [-0.4, -0.2) is 46.1 Å². The lowest BCUT2D eigenvalue weighted by molar-refractivity contribution is -0.139. The number of rotatable bonds is 8. The topological polar surface area (TPSA) is 78.6 Å². The molecular weight excluding hydrogens is 314 g/mol. The van der Waals surface area contributed by atoms with Crippen LogP contribution in [0.3, 0.4) is 0 Å². The van der Waals surface area contributed by atoms with Gasteiger partial charge in [0.05, 0.1) is 12.8 Å². The van der Waals surface area contributed by atoms with Gasteiger partial charge in [-0.3, -0.25) is 9.69 Å². The third-order valence-electron chi connectivity index (χ3n) is 4.22. The van der Waals surface area contributed by atoms with Crippen molar-refractivity contribution in [1.82, 2.24) is 15.2 Å². The Morgan fingerprint density at radius 3 is 3.04 bits per heavy atom. The number of carboxylic acid groups (broad SMARTS) is 1. The molecule has 7 heteroatoms. The van der Waals surface area contributed by atoms with E-state index >= 15 is 0 Å². The lowest BCUT2D eigenvalue weighted by atomic mass is 9.85. The van der Waals surface area contributed by atoms with Crippen molar-refractivity contribution in [3.05, 3.63) is 29.5 Å². The van der Waals surface area contributed by atoms with Gasteiger partial charge in [0.2, 0.25) is 0 Å². The molecule has 6 nitrogen and oxygen atoms in total.